The summed E-state index contributed by atoms with van der Waals surface area (Å²) in [5, 5.41) is 12.8. The third-order valence-electron chi connectivity index (χ3n) is 4.20. The molecule has 1 aromatic heterocycles. The maximum Gasteiger partial charge on any atom is 0.424 e. The number of aryl methyl sites for hydroxylation is 1. The van der Waals surface area contributed by atoms with E-state index < -0.39 is 24.0 Å². The lowest BCUT2D eigenvalue weighted by molar-refractivity contribution is -0.272. The largest absolute Gasteiger partial charge is 0.424 e. The van der Waals surface area contributed by atoms with Gasteiger partial charge in [0.25, 0.3) is 0 Å². The van der Waals surface area contributed by atoms with Gasteiger partial charge in [0, 0.05) is 39.0 Å². The number of aliphatic hydroxyl groups is 1. The van der Waals surface area contributed by atoms with Crippen molar-refractivity contribution >= 4 is 29.9 Å². The van der Waals surface area contributed by atoms with Gasteiger partial charge in [0.15, 0.2) is 5.96 Å². The van der Waals surface area contributed by atoms with Crippen molar-refractivity contribution < 1.29 is 18.3 Å². The molecule has 1 saturated carbocycles. The molecular weight excluding hydrogens is 438 g/mol. The topological polar surface area (TPSA) is 88.5 Å². The fourth-order valence-corrected chi connectivity index (χ4v) is 2.47. The summed E-state index contributed by atoms with van der Waals surface area (Å²) in [5.41, 5.74) is 2.61. The first-order valence-electron chi connectivity index (χ1n) is 7.55. The molecule has 0 spiro atoms. The third-order valence-corrected chi connectivity index (χ3v) is 4.20. The Kier molecular flexibility index (Phi) is 7.32. The molecule has 0 saturated heterocycles. The van der Waals surface area contributed by atoms with Crippen molar-refractivity contribution in [1.82, 2.24) is 14.9 Å². The second kappa shape index (κ2) is 8.37. The Hall–Kier alpha value is -1.04. The van der Waals surface area contributed by atoms with Gasteiger partial charge in [-0.2, -0.15) is 13.2 Å². The van der Waals surface area contributed by atoms with Gasteiger partial charge in [-0.3, -0.25) is 4.99 Å². The highest BCUT2D eigenvalue weighted by molar-refractivity contribution is 14.0. The van der Waals surface area contributed by atoms with Crippen LogP contribution in [0.25, 0.3) is 0 Å². The Labute approximate surface area is 155 Å². The first-order valence-corrected chi connectivity index (χ1v) is 7.55. The highest BCUT2D eigenvalue weighted by Crippen LogP contribution is 2.40. The fourth-order valence-electron chi connectivity index (χ4n) is 2.47. The van der Waals surface area contributed by atoms with E-state index in [9.17, 15) is 18.3 Å². The Bertz CT molecular complexity index is 559. The third kappa shape index (κ3) is 4.74. The van der Waals surface area contributed by atoms with Crippen LogP contribution < -0.4 is 11.1 Å². The smallest absolute Gasteiger partial charge is 0.374 e. The number of rotatable bonds is 6. The molecule has 1 aliphatic carbocycles. The van der Waals surface area contributed by atoms with Gasteiger partial charge in [0.2, 0.25) is 5.60 Å². The minimum atomic E-state index is -4.84. The maximum atomic E-state index is 13.3. The van der Waals surface area contributed by atoms with Crippen LogP contribution in [-0.4, -0.2) is 39.9 Å². The molecule has 1 aromatic rings. The highest BCUT2D eigenvalue weighted by Gasteiger charge is 2.57. The van der Waals surface area contributed by atoms with Gasteiger partial charge >= 0.3 is 6.18 Å². The quantitative estimate of drug-likeness (QED) is 0.343. The van der Waals surface area contributed by atoms with E-state index in [-0.39, 0.29) is 36.5 Å². The van der Waals surface area contributed by atoms with Crippen LogP contribution in [0, 0.1) is 5.92 Å². The molecule has 1 atom stereocenters. The number of alkyl halides is 3. The molecule has 2 rings (SSSR count). The molecule has 0 radical (unpaired) electrons. The molecular formula is C14H23F3IN5O. The lowest BCUT2D eigenvalue weighted by atomic mass is 9.86. The molecule has 1 heterocycles. The molecule has 0 aliphatic heterocycles. The Morgan fingerprint density at radius 3 is 2.62 bits per heavy atom. The van der Waals surface area contributed by atoms with Gasteiger partial charge in [0.05, 0.1) is 0 Å². The van der Waals surface area contributed by atoms with Crippen LogP contribution in [0.2, 0.25) is 0 Å². The number of guanidine groups is 1. The van der Waals surface area contributed by atoms with Crippen LogP contribution in [-0.2, 0) is 12.6 Å². The molecule has 24 heavy (non-hydrogen) atoms. The van der Waals surface area contributed by atoms with Crippen LogP contribution in [0.15, 0.2) is 17.4 Å². The van der Waals surface area contributed by atoms with Crippen molar-refractivity contribution in [2.75, 3.05) is 13.1 Å². The van der Waals surface area contributed by atoms with Gasteiger partial charge in [-0.25, -0.2) is 4.98 Å². The monoisotopic (exact) mass is 461 g/mol. The van der Waals surface area contributed by atoms with Crippen LogP contribution in [0.4, 0.5) is 13.2 Å². The van der Waals surface area contributed by atoms with Crippen LogP contribution in [0.1, 0.15) is 31.5 Å². The van der Waals surface area contributed by atoms with Crippen molar-refractivity contribution in [2.24, 2.45) is 23.7 Å². The number of nitrogens with two attached hydrogens (primary N) is 1. The van der Waals surface area contributed by atoms with Gasteiger partial charge in [-0.15, -0.1) is 24.0 Å². The SMILES string of the molecule is Cn1ccnc1C(O)(CCNC(N)=NCC1CCC1)C(F)(F)F.I. The summed E-state index contributed by atoms with van der Waals surface area (Å²) in [6, 6.07) is 0. The van der Waals surface area contributed by atoms with Crippen LogP contribution in [0.5, 0.6) is 0 Å². The zero-order valence-electron chi connectivity index (χ0n) is 13.4. The average molecular weight is 461 g/mol. The van der Waals surface area contributed by atoms with E-state index in [0.717, 1.165) is 17.4 Å². The average Bonchev–Trinajstić information content (AvgIpc) is 2.82. The highest BCUT2D eigenvalue weighted by atomic mass is 127. The number of aromatic nitrogens is 2. The number of nitrogens with zero attached hydrogens (tertiary/aromatic N) is 3. The second-order valence-corrected chi connectivity index (χ2v) is 5.92. The molecule has 0 aromatic carbocycles. The maximum absolute atomic E-state index is 13.3. The van der Waals surface area contributed by atoms with E-state index in [4.69, 9.17) is 5.73 Å². The lowest BCUT2D eigenvalue weighted by Gasteiger charge is -2.30. The zero-order chi connectivity index (χ0) is 17.1. The normalized spacial score (nSPS) is 18.5. The van der Waals surface area contributed by atoms with Gasteiger partial charge < -0.3 is 20.7 Å². The Morgan fingerprint density at radius 2 is 2.17 bits per heavy atom. The lowest BCUT2D eigenvalue weighted by Crippen LogP contribution is -2.47. The fraction of sp³-hybridized carbons (Fsp3) is 0.714. The van der Waals surface area contributed by atoms with E-state index in [1.165, 1.54) is 25.9 Å². The molecule has 1 aliphatic rings. The van der Waals surface area contributed by atoms with E-state index in [0.29, 0.717) is 12.5 Å². The summed E-state index contributed by atoms with van der Waals surface area (Å²) in [7, 11) is 1.40. The summed E-state index contributed by atoms with van der Waals surface area (Å²) in [6.45, 7) is 0.421. The number of imidazole rings is 1. The summed E-state index contributed by atoms with van der Waals surface area (Å²) in [5.74, 6) is 0.174. The predicted octanol–water partition coefficient (Wildman–Crippen LogP) is 1.88. The van der Waals surface area contributed by atoms with E-state index >= 15 is 0 Å². The van der Waals surface area contributed by atoms with Gasteiger partial charge in [0.1, 0.15) is 5.82 Å². The first kappa shape index (κ1) is 21.0. The van der Waals surface area contributed by atoms with Gasteiger partial charge in [-0.1, -0.05) is 6.42 Å². The van der Waals surface area contributed by atoms with E-state index in [1.54, 1.807) is 0 Å². The zero-order valence-corrected chi connectivity index (χ0v) is 15.7. The first-order chi connectivity index (χ1) is 10.7. The van der Waals surface area contributed by atoms with Crippen LogP contribution >= 0.6 is 24.0 Å². The van der Waals surface area contributed by atoms with Crippen molar-refractivity contribution in [2.45, 2.75) is 37.5 Å². The molecule has 0 bridgehead atoms. The van der Waals surface area contributed by atoms with Crippen molar-refractivity contribution in [1.29, 1.82) is 0 Å². The van der Waals surface area contributed by atoms with E-state index in [1.807, 2.05) is 0 Å². The second-order valence-electron chi connectivity index (χ2n) is 5.92. The van der Waals surface area contributed by atoms with Crippen molar-refractivity contribution in [3.05, 3.63) is 18.2 Å². The molecule has 10 heteroatoms. The summed E-state index contributed by atoms with van der Waals surface area (Å²) in [6.07, 6.45) is 0.539. The molecule has 6 nitrogen and oxygen atoms in total. The van der Waals surface area contributed by atoms with Crippen molar-refractivity contribution in [3.63, 3.8) is 0 Å². The minimum Gasteiger partial charge on any atom is -0.374 e. The Balaban J connectivity index is 0.00000288. The number of halogens is 4. The summed E-state index contributed by atoms with van der Waals surface area (Å²) >= 11 is 0. The van der Waals surface area contributed by atoms with E-state index in [2.05, 4.69) is 15.3 Å². The Morgan fingerprint density at radius 1 is 1.50 bits per heavy atom. The number of hydrogen-bond acceptors (Lipinski definition) is 3. The summed E-state index contributed by atoms with van der Waals surface area (Å²) in [4.78, 5) is 7.74. The summed E-state index contributed by atoms with van der Waals surface area (Å²) < 4.78 is 41.0. The van der Waals surface area contributed by atoms with Crippen LogP contribution in [0.3, 0.4) is 0 Å². The molecule has 4 N–H and O–H groups in total. The minimum absolute atomic E-state index is 0. The number of nitrogens with one attached hydrogen (secondary N) is 1. The van der Waals surface area contributed by atoms with Gasteiger partial charge in [-0.05, 0) is 18.8 Å². The van der Waals surface area contributed by atoms with Crippen molar-refractivity contribution in [3.8, 4) is 0 Å². The molecule has 1 fully saturated rings. The molecule has 1 unspecified atom stereocenters. The predicted molar refractivity (Wildman–Crippen MR) is 95.0 cm³/mol. The number of hydrogen-bond donors (Lipinski definition) is 3. The number of aliphatic imine (C=N–C) groups is 1. The molecule has 138 valence electrons. The molecule has 0 amide bonds. The standard InChI is InChI=1S/C14H22F3N5O.HI/c1-22-8-7-19-11(22)13(23,14(15,16)17)5-6-20-12(18)21-9-10-3-2-4-10;/h7-8,10,23H,2-6,9H2,1H3,(H3,18,20,21);1H.